The number of hydrogen-bond acceptors (Lipinski definition) is 2. The van der Waals surface area contributed by atoms with Gasteiger partial charge in [-0.1, -0.05) is 18.2 Å². The number of rotatable bonds is 2. The van der Waals surface area contributed by atoms with Gasteiger partial charge in [-0.3, -0.25) is 0 Å². The molecular weight excluding hydrogens is 150 g/mol. The van der Waals surface area contributed by atoms with Gasteiger partial charge < -0.3 is 0 Å². The highest BCUT2D eigenvalue weighted by atomic mass is 16.1. The van der Waals surface area contributed by atoms with Crippen molar-refractivity contribution in [2.75, 3.05) is 0 Å². The summed E-state index contributed by atoms with van der Waals surface area (Å²) in [5.41, 5.74) is 2.10. The fraction of sp³-hybridized carbons (Fsp3) is 0.500. The third-order valence-corrected chi connectivity index (χ3v) is 2.27. The van der Waals surface area contributed by atoms with Gasteiger partial charge in [0.15, 0.2) is 0 Å². The van der Waals surface area contributed by atoms with Gasteiger partial charge in [-0.2, -0.15) is 4.99 Å². The summed E-state index contributed by atoms with van der Waals surface area (Å²) < 4.78 is 0. The second kappa shape index (κ2) is 4.03. The van der Waals surface area contributed by atoms with Gasteiger partial charge >= 0.3 is 0 Å². The van der Waals surface area contributed by atoms with E-state index >= 15 is 0 Å². The first-order valence-electron chi connectivity index (χ1n) is 4.16. The van der Waals surface area contributed by atoms with Crippen LogP contribution in [0.25, 0.3) is 0 Å². The van der Waals surface area contributed by atoms with Gasteiger partial charge in [0, 0.05) is 5.70 Å². The van der Waals surface area contributed by atoms with Crippen molar-refractivity contribution in [3.63, 3.8) is 0 Å². The van der Waals surface area contributed by atoms with Crippen molar-refractivity contribution < 1.29 is 4.79 Å². The zero-order chi connectivity index (χ0) is 8.97. The molecule has 0 aromatic carbocycles. The maximum Gasteiger partial charge on any atom is 0.240 e. The van der Waals surface area contributed by atoms with E-state index in [1.165, 1.54) is 5.57 Å². The molecule has 1 atom stereocenters. The van der Waals surface area contributed by atoms with Crippen LogP contribution in [0.4, 0.5) is 0 Å². The molecule has 0 fully saturated rings. The first-order chi connectivity index (χ1) is 5.74. The largest absolute Gasteiger partial charge is 0.240 e. The molecule has 64 valence electrons. The van der Waals surface area contributed by atoms with E-state index in [9.17, 15) is 4.79 Å². The Kier molecular flexibility index (Phi) is 3.01. The van der Waals surface area contributed by atoms with Crippen molar-refractivity contribution in [3.8, 4) is 0 Å². The Morgan fingerprint density at radius 3 is 3.00 bits per heavy atom. The summed E-state index contributed by atoms with van der Waals surface area (Å²) in [4.78, 5) is 13.5. The highest BCUT2D eigenvalue weighted by Gasteiger charge is 2.13. The van der Waals surface area contributed by atoms with Crippen LogP contribution in [-0.2, 0) is 4.79 Å². The van der Waals surface area contributed by atoms with Crippen molar-refractivity contribution >= 4 is 6.08 Å². The second-order valence-corrected chi connectivity index (χ2v) is 3.22. The molecule has 0 saturated heterocycles. The summed E-state index contributed by atoms with van der Waals surface area (Å²) in [5, 5.41) is 0. The molecule has 0 heterocycles. The highest BCUT2D eigenvalue weighted by Crippen LogP contribution is 2.28. The minimum atomic E-state index is 0.579. The Morgan fingerprint density at radius 1 is 1.83 bits per heavy atom. The molecule has 0 aliphatic heterocycles. The summed E-state index contributed by atoms with van der Waals surface area (Å²) in [6.45, 7) is 5.96. The summed E-state index contributed by atoms with van der Waals surface area (Å²) in [6, 6.07) is 0. The van der Waals surface area contributed by atoms with E-state index in [0.29, 0.717) is 5.92 Å². The minimum absolute atomic E-state index is 0.579. The Morgan fingerprint density at radius 2 is 2.58 bits per heavy atom. The summed E-state index contributed by atoms with van der Waals surface area (Å²) in [7, 11) is 0. The van der Waals surface area contributed by atoms with E-state index in [1.807, 2.05) is 13.0 Å². The van der Waals surface area contributed by atoms with E-state index < -0.39 is 0 Å². The topological polar surface area (TPSA) is 29.4 Å². The lowest BCUT2D eigenvalue weighted by atomic mass is 9.88. The van der Waals surface area contributed by atoms with Gasteiger partial charge in [-0.15, -0.1) is 0 Å². The van der Waals surface area contributed by atoms with Crippen molar-refractivity contribution in [1.29, 1.82) is 0 Å². The third kappa shape index (κ3) is 2.18. The van der Waals surface area contributed by atoms with Crippen molar-refractivity contribution in [1.82, 2.24) is 0 Å². The van der Waals surface area contributed by atoms with Crippen LogP contribution in [0.3, 0.4) is 0 Å². The standard InChI is InChI=1S/C10H13NO/c1-8(2)9-3-5-10(6-4-9)11-7-12/h5,9H,1,3-4,6H2,2H3/t9-/m0/s1. The number of allylic oxidation sites excluding steroid dienone is 3. The Balaban J connectivity index is 2.58. The van der Waals surface area contributed by atoms with E-state index in [0.717, 1.165) is 25.0 Å². The average molecular weight is 163 g/mol. The summed E-state index contributed by atoms with van der Waals surface area (Å²) in [5.74, 6) is 0.579. The van der Waals surface area contributed by atoms with Crippen LogP contribution in [0.15, 0.2) is 28.9 Å². The zero-order valence-corrected chi connectivity index (χ0v) is 7.34. The molecule has 2 heteroatoms. The SMILES string of the molecule is C=C(C)[C@H]1CC=C(N=C=O)CC1. The molecule has 0 aromatic rings. The van der Waals surface area contributed by atoms with Crippen molar-refractivity contribution in [3.05, 3.63) is 23.9 Å². The van der Waals surface area contributed by atoms with Gasteiger partial charge in [0.05, 0.1) is 0 Å². The van der Waals surface area contributed by atoms with Gasteiger partial charge in [0.2, 0.25) is 6.08 Å². The predicted octanol–water partition coefficient (Wildman–Crippen LogP) is 2.58. The average Bonchev–Trinajstić information content (AvgIpc) is 2.06. The molecule has 1 aliphatic rings. The fourth-order valence-electron chi connectivity index (χ4n) is 1.43. The lowest BCUT2D eigenvalue weighted by Gasteiger charge is -2.19. The highest BCUT2D eigenvalue weighted by molar-refractivity contribution is 5.37. The van der Waals surface area contributed by atoms with Crippen molar-refractivity contribution in [2.45, 2.75) is 26.2 Å². The molecule has 12 heavy (non-hydrogen) atoms. The molecule has 0 spiro atoms. The van der Waals surface area contributed by atoms with Crippen molar-refractivity contribution in [2.24, 2.45) is 10.9 Å². The first kappa shape index (κ1) is 8.95. The second-order valence-electron chi connectivity index (χ2n) is 3.22. The number of carbonyl (C=O) groups excluding carboxylic acids is 1. The maximum absolute atomic E-state index is 9.94. The molecular formula is C10H13NO. The summed E-state index contributed by atoms with van der Waals surface area (Å²) >= 11 is 0. The summed E-state index contributed by atoms with van der Waals surface area (Å²) in [6.07, 6.45) is 6.49. The van der Waals surface area contributed by atoms with E-state index in [-0.39, 0.29) is 0 Å². The first-order valence-corrected chi connectivity index (χ1v) is 4.16. The third-order valence-electron chi connectivity index (χ3n) is 2.27. The van der Waals surface area contributed by atoms with E-state index in [2.05, 4.69) is 11.6 Å². The fourth-order valence-corrected chi connectivity index (χ4v) is 1.43. The van der Waals surface area contributed by atoms with Gasteiger partial charge in [-0.05, 0) is 32.1 Å². The van der Waals surface area contributed by atoms with Crippen LogP contribution in [0.1, 0.15) is 26.2 Å². The molecule has 0 amide bonds. The lowest BCUT2D eigenvalue weighted by Crippen LogP contribution is -2.05. The minimum Gasteiger partial charge on any atom is -0.211 e. The molecule has 0 aromatic heterocycles. The number of nitrogens with zero attached hydrogens (tertiary/aromatic N) is 1. The number of hydrogen-bond donors (Lipinski definition) is 0. The zero-order valence-electron chi connectivity index (χ0n) is 7.34. The van der Waals surface area contributed by atoms with Gasteiger partial charge in [0.25, 0.3) is 0 Å². The molecule has 0 radical (unpaired) electrons. The smallest absolute Gasteiger partial charge is 0.211 e. The van der Waals surface area contributed by atoms with Crippen LogP contribution < -0.4 is 0 Å². The van der Waals surface area contributed by atoms with E-state index in [4.69, 9.17) is 0 Å². The Bertz CT molecular complexity index is 259. The van der Waals surface area contributed by atoms with Crippen LogP contribution in [0, 0.1) is 5.92 Å². The van der Waals surface area contributed by atoms with Gasteiger partial charge in [0.1, 0.15) is 0 Å². The molecule has 0 bridgehead atoms. The maximum atomic E-state index is 9.94. The molecule has 0 unspecified atom stereocenters. The lowest BCUT2D eigenvalue weighted by molar-refractivity contribution is 0.534. The van der Waals surface area contributed by atoms with Crippen LogP contribution in [-0.4, -0.2) is 6.08 Å². The molecule has 0 saturated carbocycles. The number of aliphatic imine (C=N–C) groups is 1. The molecule has 0 N–H and O–H groups in total. The predicted molar refractivity (Wildman–Crippen MR) is 48.4 cm³/mol. The monoisotopic (exact) mass is 163 g/mol. The Hall–Kier alpha value is -1.14. The number of isocyanates is 1. The van der Waals surface area contributed by atoms with Crippen LogP contribution >= 0.6 is 0 Å². The quantitative estimate of drug-likeness (QED) is 0.349. The van der Waals surface area contributed by atoms with E-state index in [1.54, 1.807) is 6.08 Å². The van der Waals surface area contributed by atoms with Crippen LogP contribution in [0.2, 0.25) is 0 Å². The normalized spacial score (nSPS) is 22.4. The molecule has 2 nitrogen and oxygen atoms in total. The molecule has 1 rings (SSSR count). The molecule has 1 aliphatic carbocycles. The Labute approximate surface area is 72.7 Å². The van der Waals surface area contributed by atoms with Gasteiger partial charge in [-0.25, -0.2) is 4.79 Å². The van der Waals surface area contributed by atoms with Crippen LogP contribution in [0.5, 0.6) is 0 Å².